The Hall–Kier alpha value is -3.06. The molecular formula is C16H10N4O2S. The molecule has 0 radical (unpaired) electrons. The van der Waals surface area contributed by atoms with Crippen molar-refractivity contribution in [1.82, 2.24) is 14.4 Å². The summed E-state index contributed by atoms with van der Waals surface area (Å²) in [6.07, 6.45) is 4.86. The Morgan fingerprint density at radius 2 is 2.13 bits per heavy atom. The van der Waals surface area contributed by atoms with E-state index in [-0.39, 0.29) is 11.5 Å². The van der Waals surface area contributed by atoms with Crippen LogP contribution in [0.25, 0.3) is 15.9 Å². The third-order valence-electron chi connectivity index (χ3n) is 3.36. The molecule has 7 heteroatoms. The summed E-state index contributed by atoms with van der Waals surface area (Å²) in [6.45, 7) is 0. The maximum atomic E-state index is 12.5. The lowest BCUT2D eigenvalue weighted by Gasteiger charge is -2.01. The minimum absolute atomic E-state index is 0.178. The molecule has 4 aromatic rings. The molecule has 4 heterocycles. The van der Waals surface area contributed by atoms with Gasteiger partial charge in [0.05, 0.1) is 22.1 Å². The van der Waals surface area contributed by atoms with E-state index < -0.39 is 0 Å². The fourth-order valence-corrected chi connectivity index (χ4v) is 3.21. The van der Waals surface area contributed by atoms with Crippen molar-refractivity contribution < 1.29 is 4.79 Å². The van der Waals surface area contributed by atoms with Crippen molar-refractivity contribution in [2.24, 2.45) is 0 Å². The van der Waals surface area contributed by atoms with E-state index in [0.717, 1.165) is 0 Å². The maximum absolute atomic E-state index is 12.5. The molecule has 0 atom stereocenters. The number of hydrogen-bond donors (Lipinski definition) is 1. The molecule has 0 aromatic carbocycles. The molecule has 0 saturated heterocycles. The van der Waals surface area contributed by atoms with E-state index in [9.17, 15) is 9.59 Å². The Labute approximate surface area is 134 Å². The van der Waals surface area contributed by atoms with Crippen molar-refractivity contribution in [3.05, 3.63) is 70.2 Å². The molecule has 1 amide bonds. The van der Waals surface area contributed by atoms with Crippen LogP contribution in [-0.4, -0.2) is 20.3 Å². The molecule has 0 spiro atoms. The Bertz CT molecular complexity index is 1090. The third kappa shape index (κ3) is 2.36. The van der Waals surface area contributed by atoms with Crippen molar-refractivity contribution in [2.45, 2.75) is 0 Å². The minimum Gasteiger partial charge on any atom is -0.320 e. The number of aromatic nitrogens is 3. The van der Waals surface area contributed by atoms with Crippen LogP contribution in [0.2, 0.25) is 0 Å². The van der Waals surface area contributed by atoms with Gasteiger partial charge in [0.15, 0.2) is 0 Å². The van der Waals surface area contributed by atoms with Crippen LogP contribution in [0.1, 0.15) is 9.67 Å². The first kappa shape index (κ1) is 13.6. The van der Waals surface area contributed by atoms with Crippen LogP contribution in [-0.2, 0) is 0 Å². The van der Waals surface area contributed by atoms with E-state index in [1.807, 2.05) is 6.07 Å². The van der Waals surface area contributed by atoms with Gasteiger partial charge in [-0.25, -0.2) is 4.98 Å². The number of anilines is 1. The summed E-state index contributed by atoms with van der Waals surface area (Å²) >= 11 is 1.20. The van der Waals surface area contributed by atoms with E-state index in [4.69, 9.17) is 0 Å². The number of rotatable bonds is 2. The fraction of sp³-hybridized carbons (Fsp3) is 0. The summed E-state index contributed by atoms with van der Waals surface area (Å²) < 4.78 is 1.47. The molecule has 0 saturated carbocycles. The molecule has 6 nitrogen and oxygen atoms in total. The number of nitrogens with zero attached hydrogens (tertiary/aromatic N) is 3. The number of fused-ring (bicyclic) bond motifs is 2. The SMILES string of the molecule is O=C(Nc1cccnc1)c1cc2c(=O)n3ccccc3nc2s1. The van der Waals surface area contributed by atoms with Crippen molar-refractivity contribution in [3.8, 4) is 0 Å². The molecular weight excluding hydrogens is 312 g/mol. The summed E-state index contributed by atoms with van der Waals surface area (Å²) in [6, 6.07) is 10.4. The topological polar surface area (TPSA) is 76.4 Å². The zero-order valence-corrected chi connectivity index (χ0v) is 12.6. The molecule has 1 N–H and O–H groups in total. The first-order valence-electron chi connectivity index (χ1n) is 6.85. The maximum Gasteiger partial charge on any atom is 0.266 e. The number of pyridine rings is 2. The van der Waals surface area contributed by atoms with Crippen molar-refractivity contribution in [2.75, 3.05) is 5.32 Å². The average molecular weight is 322 g/mol. The zero-order valence-electron chi connectivity index (χ0n) is 11.8. The standard InChI is InChI=1S/C16H10N4O2S/c21-14(18-10-4-3-6-17-9-10)12-8-11-15(23-12)19-13-5-1-2-7-20(13)16(11)22/h1-9H,(H,18,21). The number of carbonyl (C=O) groups is 1. The van der Waals surface area contributed by atoms with Crippen LogP contribution >= 0.6 is 11.3 Å². The van der Waals surface area contributed by atoms with Gasteiger partial charge in [-0.15, -0.1) is 11.3 Å². The van der Waals surface area contributed by atoms with E-state index >= 15 is 0 Å². The van der Waals surface area contributed by atoms with Crippen LogP contribution in [0.3, 0.4) is 0 Å². The fourth-order valence-electron chi connectivity index (χ4n) is 2.29. The van der Waals surface area contributed by atoms with Crippen molar-refractivity contribution in [3.63, 3.8) is 0 Å². The quantitative estimate of drug-likeness (QED) is 0.615. The second-order valence-corrected chi connectivity index (χ2v) is 5.90. The summed E-state index contributed by atoms with van der Waals surface area (Å²) in [7, 11) is 0. The van der Waals surface area contributed by atoms with Crippen LogP contribution in [0.15, 0.2) is 59.8 Å². The van der Waals surface area contributed by atoms with Crippen LogP contribution in [0.4, 0.5) is 5.69 Å². The number of thiophene rings is 1. The average Bonchev–Trinajstić information content (AvgIpc) is 3.00. The van der Waals surface area contributed by atoms with Gasteiger partial charge in [-0.3, -0.25) is 19.0 Å². The van der Waals surface area contributed by atoms with Gasteiger partial charge in [-0.05, 0) is 30.3 Å². The lowest BCUT2D eigenvalue weighted by molar-refractivity contribution is 0.103. The largest absolute Gasteiger partial charge is 0.320 e. The second-order valence-electron chi connectivity index (χ2n) is 4.87. The summed E-state index contributed by atoms with van der Waals surface area (Å²) in [5.74, 6) is -0.283. The summed E-state index contributed by atoms with van der Waals surface area (Å²) in [4.78, 5) is 34.2. The lowest BCUT2D eigenvalue weighted by Crippen LogP contribution is -2.13. The number of hydrogen-bond acceptors (Lipinski definition) is 5. The highest BCUT2D eigenvalue weighted by atomic mass is 32.1. The lowest BCUT2D eigenvalue weighted by atomic mass is 10.3. The van der Waals surface area contributed by atoms with Crippen LogP contribution in [0.5, 0.6) is 0 Å². The molecule has 23 heavy (non-hydrogen) atoms. The zero-order chi connectivity index (χ0) is 15.8. The molecule has 0 aliphatic rings. The number of carbonyl (C=O) groups excluding carboxylic acids is 1. The van der Waals surface area contributed by atoms with Gasteiger partial charge < -0.3 is 5.32 Å². The normalized spacial score (nSPS) is 11.0. The number of nitrogens with one attached hydrogen (secondary N) is 1. The van der Waals surface area contributed by atoms with Gasteiger partial charge in [0.2, 0.25) is 0 Å². The Balaban J connectivity index is 1.80. The van der Waals surface area contributed by atoms with Crippen molar-refractivity contribution >= 4 is 38.8 Å². The predicted octanol–water partition coefficient (Wildman–Crippen LogP) is 2.56. The first-order chi connectivity index (χ1) is 11.2. The molecule has 0 fully saturated rings. The summed E-state index contributed by atoms with van der Waals surface area (Å²) in [5, 5.41) is 3.19. The highest BCUT2D eigenvalue weighted by Gasteiger charge is 2.14. The van der Waals surface area contributed by atoms with Crippen LogP contribution in [0, 0.1) is 0 Å². The van der Waals surface area contributed by atoms with Crippen molar-refractivity contribution in [1.29, 1.82) is 0 Å². The molecule has 4 aromatic heterocycles. The van der Waals surface area contributed by atoms with E-state index in [1.54, 1.807) is 48.9 Å². The van der Waals surface area contributed by atoms with Crippen LogP contribution < -0.4 is 10.9 Å². The molecule has 0 aliphatic carbocycles. The molecule has 4 rings (SSSR count). The monoisotopic (exact) mass is 322 g/mol. The van der Waals surface area contributed by atoms with E-state index in [1.165, 1.54) is 15.7 Å². The van der Waals surface area contributed by atoms with E-state index in [2.05, 4.69) is 15.3 Å². The predicted molar refractivity (Wildman–Crippen MR) is 89.0 cm³/mol. The third-order valence-corrected chi connectivity index (χ3v) is 4.39. The Morgan fingerprint density at radius 3 is 2.96 bits per heavy atom. The van der Waals surface area contributed by atoms with Gasteiger partial charge in [-0.2, -0.15) is 0 Å². The smallest absolute Gasteiger partial charge is 0.266 e. The van der Waals surface area contributed by atoms with E-state index in [0.29, 0.717) is 26.4 Å². The minimum atomic E-state index is -0.283. The Morgan fingerprint density at radius 1 is 1.22 bits per heavy atom. The highest BCUT2D eigenvalue weighted by Crippen LogP contribution is 2.23. The molecule has 0 unspecified atom stereocenters. The Kier molecular flexibility index (Phi) is 3.13. The van der Waals surface area contributed by atoms with Gasteiger partial charge in [-0.1, -0.05) is 6.07 Å². The highest BCUT2D eigenvalue weighted by molar-refractivity contribution is 7.20. The molecule has 0 bridgehead atoms. The second kappa shape index (κ2) is 5.29. The number of amides is 1. The van der Waals surface area contributed by atoms with Gasteiger partial charge in [0.1, 0.15) is 10.5 Å². The van der Waals surface area contributed by atoms with Gasteiger partial charge in [0.25, 0.3) is 11.5 Å². The first-order valence-corrected chi connectivity index (χ1v) is 7.66. The molecule has 112 valence electrons. The van der Waals surface area contributed by atoms with Gasteiger partial charge >= 0.3 is 0 Å². The molecule has 0 aliphatic heterocycles. The van der Waals surface area contributed by atoms with Gasteiger partial charge in [0, 0.05) is 12.4 Å². The summed E-state index contributed by atoms with van der Waals surface area (Å²) in [5.41, 5.74) is 0.984.